The molecule has 1 atom stereocenters. The third-order valence-corrected chi connectivity index (χ3v) is 5.29. The van der Waals surface area contributed by atoms with E-state index in [1.165, 1.54) is 12.1 Å². The van der Waals surface area contributed by atoms with Crippen molar-refractivity contribution in [3.8, 4) is 0 Å². The maximum Gasteiger partial charge on any atom is 0.269 e. The largest absolute Gasteiger partial charge is 0.269 e. The van der Waals surface area contributed by atoms with E-state index >= 15 is 0 Å². The van der Waals surface area contributed by atoms with Crippen molar-refractivity contribution >= 4 is 15.7 Å². The van der Waals surface area contributed by atoms with Crippen LogP contribution in [0, 0.1) is 15.5 Å². The van der Waals surface area contributed by atoms with Crippen molar-refractivity contribution in [2.75, 3.05) is 13.1 Å². The molecule has 1 aliphatic rings. The van der Waals surface area contributed by atoms with E-state index in [0.717, 1.165) is 16.4 Å². The number of sulfonamides is 1. The minimum Gasteiger partial charge on any atom is -0.258 e. The molecule has 1 fully saturated rings. The monoisotopic (exact) mass is 316 g/mol. The fourth-order valence-electron chi connectivity index (χ4n) is 2.56. The van der Waals surface area contributed by atoms with Crippen LogP contribution in [0.3, 0.4) is 0 Å². The smallest absolute Gasteiger partial charge is 0.258 e. The molecule has 1 unspecified atom stereocenters. The lowest BCUT2D eigenvalue weighted by Gasteiger charge is -2.38. The number of rotatable bonds is 3. The van der Waals surface area contributed by atoms with E-state index in [4.69, 9.17) is 0 Å². The van der Waals surface area contributed by atoms with E-state index in [9.17, 15) is 22.9 Å². The highest BCUT2D eigenvalue weighted by Crippen LogP contribution is 2.33. The Morgan fingerprint density at radius 1 is 1.33 bits per heavy atom. The normalized spacial score (nSPS) is 22.9. The Hall–Kier alpha value is -1.54. The van der Waals surface area contributed by atoms with Gasteiger partial charge < -0.3 is 0 Å². The molecule has 0 aliphatic carbocycles. The lowest BCUT2D eigenvalue weighted by atomic mass is 9.84. The second-order valence-corrected chi connectivity index (χ2v) is 7.95. The maximum atomic E-state index is 13.7. The van der Waals surface area contributed by atoms with Crippen molar-refractivity contribution in [1.82, 2.24) is 4.31 Å². The van der Waals surface area contributed by atoms with Crippen molar-refractivity contribution in [3.63, 3.8) is 0 Å². The summed E-state index contributed by atoms with van der Waals surface area (Å²) in [6.07, 6.45) is -0.888. The summed E-state index contributed by atoms with van der Waals surface area (Å²) in [5, 5.41) is 10.6. The predicted molar refractivity (Wildman–Crippen MR) is 75.1 cm³/mol. The third-order valence-electron chi connectivity index (χ3n) is 3.47. The lowest BCUT2D eigenvalue weighted by molar-refractivity contribution is -0.384. The Morgan fingerprint density at radius 3 is 2.38 bits per heavy atom. The van der Waals surface area contributed by atoms with Gasteiger partial charge in [0.25, 0.3) is 5.69 Å². The van der Waals surface area contributed by atoms with Gasteiger partial charge in [-0.3, -0.25) is 10.1 Å². The first-order valence-corrected chi connectivity index (χ1v) is 7.94. The quantitative estimate of drug-likeness (QED) is 0.633. The molecular weight excluding hydrogens is 299 g/mol. The molecule has 0 amide bonds. The van der Waals surface area contributed by atoms with Crippen LogP contribution in [0.2, 0.25) is 0 Å². The summed E-state index contributed by atoms with van der Waals surface area (Å²) in [6.45, 7) is 3.68. The zero-order chi connectivity index (χ0) is 15.8. The zero-order valence-corrected chi connectivity index (χ0v) is 12.6. The molecule has 1 heterocycles. The van der Waals surface area contributed by atoms with Gasteiger partial charge in [0.05, 0.1) is 9.82 Å². The Balaban J connectivity index is 2.31. The molecule has 0 bridgehead atoms. The van der Waals surface area contributed by atoms with Gasteiger partial charge in [0.15, 0.2) is 0 Å². The number of non-ortho nitro benzene ring substituents is 1. The molecule has 8 heteroatoms. The topological polar surface area (TPSA) is 80.5 Å². The van der Waals surface area contributed by atoms with E-state index in [0.29, 0.717) is 6.42 Å². The first-order chi connectivity index (χ1) is 9.62. The van der Waals surface area contributed by atoms with Crippen LogP contribution in [-0.4, -0.2) is 36.9 Å². The van der Waals surface area contributed by atoms with Crippen LogP contribution in [0.25, 0.3) is 0 Å². The predicted octanol–water partition coefficient (Wildman–Crippen LogP) is 2.35. The molecule has 0 saturated carbocycles. The Morgan fingerprint density at radius 2 is 1.90 bits per heavy atom. The van der Waals surface area contributed by atoms with Gasteiger partial charge >= 0.3 is 0 Å². The Labute approximate surface area is 122 Å². The van der Waals surface area contributed by atoms with Gasteiger partial charge in [0, 0.05) is 25.2 Å². The number of nitro groups is 1. The molecule has 1 saturated heterocycles. The van der Waals surface area contributed by atoms with Crippen molar-refractivity contribution in [2.45, 2.75) is 31.3 Å². The van der Waals surface area contributed by atoms with Gasteiger partial charge in [-0.05, 0) is 24.0 Å². The van der Waals surface area contributed by atoms with Crippen LogP contribution in [-0.2, 0) is 10.0 Å². The van der Waals surface area contributed by atoms with Gasteiger partial charge in [-0.2, -0.15) is 4.31 Å². The van der Waals surface area contributed by atoms with Gasteiger partial charge in [-0.25, -0.2) is 12.8 Å². The van der Waals surface area contributed by atoms with Gasteiger partial charge in [0.2, 0.25) is 10.0 Å². The molecule has 0 spiro atoms. The van der Waals surface area contributed by atoms with E-state index in [1.807, 2.05) is 13.8 Å². The van der Waals surface area contributed by atoms with E-state index in [2.05, 4.69) is 0 Å². The molecule has 1 aromatic carbocycles. The Kier molecular flexibility index (Phi) is 4.03. The number of hydrogen-bond acceptors (Lipinski definition) is 4. The standard InChI is InChI=1S/C13H17FN2O4S/c1-13(2)7-10(14)8-15(9-13)21(19,20)12-5-3-11(4-6-12)16(17)18/h3-6,10H,7-9H2,1-2H3. The fraction of sp³-hybridized carbons (Fsp3) is 0.538. The molecule has 0 N–H and O–H groups in total. The maximum absolute atomic E-state index is 13.7. The highest BCUT2D eigenvalue weighted by atomic mass is 32.2. The number of nitrogens with zero attached hydrogens (tertiary/aromatic N) is 2. The summed E-state index contributed by atoms with van der Waals surface area (Å²) in [7, 11) is -3.84. The summed E-state index contributed by atoms with van der Waals surface area (Å²) in [5.74, 6) is 0. The van der Waals surface area contributed by atoms with Crippen LogP contribution in [0.4, 0.5) is 10.1 Å². The highest BCUT2D eigenvalue weighted by Gasteiger charge is 2.38. The van der Waals surface area contributed by atoms with Crippen LogP contribution >= 0.6 is 0 Å². The van der Waals surface area contributed by atoms with Gasteiger partial charge in [0.1, 0.15) is 6.17 Å². The van der Waals surface area contributed by atoms with E-state index in [-0.39, 0.29) is 23.7 Å². The number of benzene rings is 1. The van der Waals surface area contributed by atoms with E-state index < -0.39 is 26.5 Å². The second-order valence-electron chi connectivity index (χ2n) is 6.01. The van der Waals surface area contributed by atoms with Crippen LogP contribution < -0.4 is 0 Å². The highest BCUT2D eigenvalue weighted by molar-refractivity contribution is 7.89. The van der Waals surface area contributed by atoms with E-state index in [1.54, 1.807) is 0 Å². The van der Waals surface area contributed by atoms with Gasteiger partial charge in [-0.1, -0.05) is 13.8 Å². The van der Waals surface area contributed by atoms with Crippen molar-refractivity contribution in [3.05, 3.63) is 34.4 Å². The molecule has 1 aliphatic heterocycles. The second kappa shape index (κ2) is 5.34. The number of alkyl halides is 1. The minimum absolute atomic E-state index is 0.0574. The SMILES string of the molecule is CC1(C)CC(F)CN(S(=O)(=O)c2ccc([N+](=O)[O-])cc2)C1. The molecule has 21 heavy (non-hydrogen) atoms. The molecular formula is C13H17FN2O4S. The number of nitro benzene ring substituents is 1. The fourth-order valence-corrected chi connectivity index (χ4v) is 4.22. The lowest BCUT2D eigenvalue weighted by Crippen LogP contribution is -2.48. The van der Waals surface area contributed by atoms with Crippen LogP contribution in [0.5, 0.6) is 0 Å². The summed E-state index contributed by atoms with van der Waals surface area (Å²) >= 11 is 0. The number of piperidine rings is 1. The minimum atomic E-state index is -3.84. The van der Waals surface area contributed by atoms with Crippen molar-refractivity contribution in [2.24, 2.45) is 5.41 Å². The summed E-state index contributed by atoms with van der Waals surface area (Å²) < 4.78 is 39.8. The molecule has 1 aromatic rings. The first-order valence-electron chi connectivity index (χ1n) is 6.50. The number of halogens is 1. The average Bonchev–Trinajstić information content (AvgIpc) is 2.36. The summed E-state index contributed by atoms with van der Waals surface area (Å²) in [6, 6.07) is 4.63. The first kappa shape index (κ1) is 15.8. The van der Waals surface area contributed by atoms with Crippen LogP contribution in [0.1, 0.15) is 20.3 Å². The molecule has 6 nitrogen and oxygen atoms in total. The van der Waals surface area contributed by atoms with Gasteiger partial charge in [-0.15, -0.1) is 0 Å². The molecule has 2 rings (SSSR count). The molecule has 0 radical (unpaired) electrons. The average molecular weight is 316 g/mol. The van der Waals surface area contributed by atoms with Crippen LogP contribution in [0.15, 0.2) is 29.2 Å². The Bertz CT molecular complexity index is 643. The number of hydrogen-bond donors (Lipinski definition) is 0. The van der Waals surface area contributed by atoms with Crippen molar-refractivity contribution in [1.29, 1.82) is 0 Å². The summed E-state index contributed by atoms with van der Waals surface area (Å²) in [5.41, 5.74) is -0.623. The third kappa shape index (κ3) is 3.38. The van der Waals surface area contributed by atoms with Crippen molar-refractivity contribution < 1.29 is 17.7 Å². The molecule has 116 valence electrons. The summed E-state index contributed by atoms with van der Waals surface area (Å²) in [4.78, 5) is 9.93. The zero-order valence-electron chi connectivity index (χ0n) is 11.8. The molecule has 0 aromatic heterocycles.